The van der Waals surface area contributed by atoms with E-state index >= 15 is 0 Å². The third kappa shape index (κ3) is 2.74. The van der Waals surface area contributed by atoms with Gasteiger partial charge in [-0.25, -0.2) is 0 Å². The number of aryl methyl sites for hydroxylation is 4. The number of benzene rings is 1. The van der Waals surface area contributed by atoms with Crippen molar-refractivity contribution in [1.29, 1.82) is 5.26 Å². The van der Waals surface area contributed by atoms with Crippen LogP contribution in [-0.2, 0) is 0 Å². The zero-order valence-electron chi connectivity index (χ0n) is 11.7. The normalized spacial score (nSPS) is 10.1. The Kier molecular flexibility index (Phi) is 3.52. The van der Waals surface area contributed by atoms with Crippen molar-refractivity contribution >= 4 is 11.4 Å². The average Bonchev–Trinajstić information content (AvgIpc) is 2.33. The summed E-state index contributed by atoms with van der Waals surface area (Å²) in [6.07, 6.45) is 0. The van der Waals surface area contributed by atoms with Gasteiger partial charge in [0.15, 0.2) is 0 Å². The van der Waals surface area contributed by atoms with Crippen LogP contribution in [-0.4, -0.2) is 4.98 Å². The van der Waals surface area contributed by atoms with Gasteiger partial charge in [-0.2, -0.15) is 5.26 Å². The minimum Gasteiger partial charge on any atom is -0.354 e. The van der Waals surface area contributed by atoms with Crippen molar-refractivity contribution in [1.82, 2.24) is 4.98 Å². The Morgan fingerprint density at radius 1 is 1.05 bits per heavy atom. The molecule has 1 aromatic heterocycles. The Bertz CT molecular complexity index is 666. The topological polar surface area (TPSA) is 48.7 Å². The lowest BCUT2D eigenvalue weighted by Gasteiger charge is -2.13. The van der Waals surface area contributed by atoms with Crippen LogP contribution in [0, 0.1) is 39.0 Å². The van der Waals surface area contributed by atoms with E-state index in [1.165, 1.54) is 5.56 Å². The number of aromatic nitrogens is 1. The maximum absolute atomic E-state index is 9.26. The predicted molar refractivity (Wildman–Crippen MR) is 77.6 cm³/mol. The first-order chi connectivity index (χ1) is 9.01. The van der Waals surface area contributed by atoms with Gasteiger partial charge in [-0.1, -0.05) is 12.1 Å². The number of hydrogen-bond acceptors (Lipinski definition) is 3. The number of nitrogens with one attached hydrogen (secondary N) is 1. The molecule has 0 amide bonds. The van der Waals surface area contributed by atoms with Gasteiger partial charge in [0, 0.05) is 11.4 Å². The van der Waals surface area contributed by atoms with Gasteiger partial charge in [-0.05, 0) is 51.0 Å². The molecule has 0 saturated carbocycles. The molecule has 0 aliphatic rings. The fourth-order valence-electron chi connectivity index (χ4n) is 2.08. The molecule has 0 aliphatic carbocycles. The molecular weight excluding hydrogens is 234 g/mol. The summed E-state index contributed by atoms with van der Waals surface area (Å²) in [5.74, 6) is 0. The fourth-order valence-corrected chi connectivity index (χ4v) is 2.08. The first-order valence-electron chi connectivity index (χ1n) is 6.24. The Hall–Kier alpha value is -2.34. The molecule has 3 heteroatoms. The Morgan fingerprint density at radius 3 is 2.47 bits per heavy atom. The Balaban J connectivity index is 2.49. The number of pyridine rings is 1. The molecule has 0 radical (unpaired) electrons. The maximum atomic E-state index is 9.26. The van der Waals surface area contributed by atoms with E-state index in [1.54, 1.807) is 0 Å². The lowest BCUT2D eigenvalue weighted by Crippen LogP contribution is -2.01. The van der Waals surface area contributed by atoms with Gasteiger partial charge >= 0.3 is 0 Å². The van der Waals surface area contributed by atoms with Gasteiger partial charge in [0.2, 0.25) is 0 Å². The summed E-state index contributed by atoms with van der Waals surface area (Å²) in [5.41, 5.74) is 6.46. The second kappa shape index (κ2) is 5.11. The van der Waals surface area contributed by atoms with Crippen LogP contribution in [0.1, 0.15) is 28.1 Å². The van der Waals surface area contributed by atoms with E-state index in [0.29, 0.717) is 5.56 Å². The molecule has 1 heterocycles. The van der Waals surface area contributed by atoms with Crippen LogP contribution in [0.4, 0.5) is 11.4 Å². The second-order valence-electron chi connectivity index (χ2n) is 4.83. The largest absolute Gasteiger partial charge is 0.354 e. The van der Waals surface area contributed by atoms with E-state index in [4.69, 9.17) is 0 Å². The molecule has 1 aromatic carbocycles. The molecule has 2 aromatic rings. The molecule has 96 valence electrons. The first kappa shape index (κ1) is 13.1. The van der Waals surface area contributed by atoms with Crippen molar-refractivity contribution in [2.75, 3.05) is 5.32 Å². The molecule has 2 rings (SSSR count). The quantitative estimate of drug-likeness (QED) is 0.879. The van der Waals surface area contributed by atoms with E-state index in [2.05, 4.69) is 48.4 Å². The summed E-state index contributed by atoms with van der Waals surface area (Å²) >= 11 is 0. The van der Waals surface area contributed by atoms with Crippen LogP contribution >= 0.6 is 0 Å². The van der Waals surface area contributed by atoms with Gasteiger partial charge in [-0.3, -0.25) is 4.98 Å². The van der Waals surface area contributed by atoms with Gasteiger partial charge in [0.25, 0.3) is 0 Å². The minimum atomic E-state index is 0.603. The molecule has 3 nitrogen and oxygen atoms in total. The minimum absolute atomic E-state index is 0.603. The molecule has 1 N–H and O–H groups in total. The van der Waals surface area contributed by atoms with Crippen molar-refractivity contribution in [2.45, 2.75) is 27.7 Å². The van der Waals surface area contributed by atoms with Crippen LogP contribution in [0.2, 0.25) is 0 Å². The number of nitriles is 1. The lowest BCUT2D eigenvalue weighted by molar-refractivity contribution is 1.11. The Morgan fingerprint density at radius 2 is 1.79 bits per heavy atom. The van der Waals surface area contributed by atoms with Crippen molar-refractivity contribution in [3.05, 3.63) is 52.3 Å². The van der Waals surface area contributed by atoms with Crippen LogP contribution in [0.5, 0.6) is 0 Å². The summed E-state index contributed by atoms with van der Waals surface area (Å²) in [5, 5.41) is 12.6. The number of nitrogens with zero attached hydrogens (tertiary/aromatic N) is 2. The van der Waals surface area contributed by atoms with Crippen LogP contribution in [0.25, 0.3) is 0 Å². The predicted octanol–water partition coefficient (Wildman–Crippen LogP) is 3.93. The highest BCUT2D eigenvalue weighted by Gasteiger charge is 2.09. The van der Waals surface area contributed by atoms with E-state index in [-0.39, 0.29) is 0 Å². The number of hydrogen-bond donors (Lipinski definition) is 1. The molecule has 0 saturated heterocycles. The second-order valence-corrected chi connectivity index (χ2v) is 4.83. The summed E-state index contributed by atoms with van der Waals surface area (Å²) in [7, 11) is 0. The standard InChI is InChI=1S/C16H17N3/c1-10-5-6-11(2)15(7-10)19-16-8-12(3)18-13(4)14(16)9-17/h5-8H,1-4H3,(H,18,19). The van der Waals surface area contributed by atoms with E-state index < -0.39 is 0 Å². The molecule has 0 spiro atoms. The van der Waals surface area contributed by atoms with Gasteiger partial charge < -0.3 is 5.32 Å². The molecule has 0 bridgehead atoms. The van der Waals surface area contributed by atoms with Crippen LogP contribution in [0.3, 0.4) is 0 Å². The third-order valence-corrected chi connectivity index (χ3v) is 3.10. The average molecular weight is 251 g/mol. The Labute approximate surface area is 113 Å². The van der Waals surface area contributed by atoms with Gasteiger partial charge in [-0.15, -0.1) is 0 Å². The highest BCUT2D eigenvalue weighted by Crippen LogP contribution is 2.26. The zero-order valence-corrected chi connectivity index (χ0v) is 11.7. The summed E-state index contributed by atoms with van der Waals surface area (Å²) in [6.45, 7) is 7.90. The van der Waals surface area contributed by atoms with Crippen molar-refractivity contribution in [2.24, 2.45) is 0 Å². The third-order valence-electron chi connectivity index (χ3n) is 3.10. The smallest absolute Gasteiger partial charge is 0.103 e. The zero-order chi connectivity index (χ0) is 14.0. The van der Waals surface area contributed by atoms with E-state index in [9.17, 15) is 5.26 Å². The molecule has 0 aliphatic heterocycles. The van der Waals surface area contributed by atoms with Crippen LogP contribution in [0.15, 0.2) is 24.3 Å². The van der Waals surface area contributed by atoms with Gasteiger partial charge in [0.1, 0.15) is 6.07 Å². The van der Waals surface area contributed by atoms with Crippen molar-refractivity contribution < 1.29 is 0 Å². The fraction of sp³-hybridized carbons (Fsp3) is 0.250. The SMILES string of the molecule is Cc1ccc(C)c(Nc2cc(C)nc(C)c2C#N)c1. The lowest BCUT2D eigenvalue weighted by atomic mass is 10.1. The van der Waals surface area contributed by atoms with Crippen molar-refractivity contribution in [3.8, 4) is 6.07 Å². The molecular formula is C16H17N3. The van der Waals surface area contributed by atoms with Gasteiger partial charge in [0.05, 0.1) is 16.9 Å². The van der Waals surface area contributed by atoms with E-state index in [1.807, 2.05) is 19.9 Å². The molecule has 0 atom stereocenters. The first-order valence-corrected chi connectivity index (χ1v) is 6.24. The van der Waals surface area contributed by atoms with Crippen LogP contribution < -0.4 is 5.32 Å². The van der Waals surface area contributed by atoms with E-state index in [0.717, 1.165) is 28.3 Å². The van der Waals surface area contributed by atoms with Crippen molar-refractivity contribution in [3.63, 3.8) is 0 Å². The highest BCUT2D eigenvalue weighted by molar-refractivity contribution is 5.70. The number of anilines is 2. The summed E-state index contributed by atoms with van der Waals surface area (Å²) in [6, 6.07) is 10.4. The molecule has 0 fully saturated rings. The maximum Gasteiger partial charge on any atom is 0.103 e. The number of rotatable bonds is 2. The monoisotopic (exact) mass is 251 g/mol. The molecule has 19 heavy (non-hydrogen) atoms. The summed E-state index contributed by atoms with van der Waals surface area (Å²) < 4.78 is 0. The highest BCUT2D eigenvalue weighted by atomic mass is 14.9. The molecule has 0 unspecified atom stereocenters. The summed E-state index contributed by atoms with van der Waals surface area (Å²) in [4.78, 5) is 4.32.